The van der Waals surface area contributed by atoms with Crippen molar-refractivity contribution in [1.29, 1.82) is 0 Å². The van der Waals surface area contributed by atoms with Crippen molar-refractivity contribution < 1.29 is 9.50 Å². The molecule has 0 spiro atoms. The fourth-order valence-electron chi connectivity index (χ4n) is 2.65. The van der Waals surface area contributed by atoms with Crippen LogP contribution in [0.5, 0.6) is 0 Å². The van der Waals surface area contributed by atoms with Gasteiger partial charge in [0.1, 0.15) is 5.82 Å². The van der Waals surface area contributed by atoms with E-state index in [1.807, 2.05) is 0 Å². The zero-order chi connectivity index (χ0) is 19.0. The number of nitrogens with one attached hydrogen (secondary N) is 1. The second kappa shape index (κ2) is 7.44. The molecule has 0 radical (unpaired) electrons. The molecule has 0 fully saturated rings. The third-order valence-electron chi connectivity index (χ3n) is 3.96. The maximum Gasteiger partial charge on any atom is 0.214 e. The quantitative estimate of drug-likeness (QED) is 0.472. The Morgan fingerprint density at radius 1 is 1.15 bits per heavy atom. The number of halogens is 3. The van der Waals surface area contributed by atoms with Crippen molar-refractivity contribution in [1.82, 2.24) is 14.6 Å². The van der Waals surface area contributed by atoms with Crippen LogP contribution in [0.3, 0.4) is 0 Å². The summed E-state index contributed by atoms with van der Waals surface area (Å²) in [6.45, 7) is 0.199. The van der Waals surface area contributed by atoms with Crippen molar-refractivity contribution in [2.24, 2.45) is 0 Å². The van der Waals surface area contributed by atoms with Crippen LogP contribution in [0, 0.1) is 5.82 Å². The van der Waals surface area contributed by atoms with E-state index in [4.69, 9.17) is 23.2 Å². The SMILES string of the molecule is OC(CNc1nn2cc(-c3ccc(F)cc3)nc2s1)c1c(Cl)cccc1Cl. The molecule has 0 aliphatic carbocycles. The Morgan fingerprint density at radius 3 is 2.52 bits per heavy atom. The van der Waals surface area contributed by atoms with E-state index < -0.39 is 6.10 Å². The summed E-state index contributed by atoms with van der Waals surface area (Å²) in [5.41, 5.74) is 2.00. The number of rotatable bonds is 5. The molecule has 0 aliphatic heterocycles. The average molecular weight is 423 g/mol. The fraction of sp³-hybridized carbons (Fsp3) is 0.111. The molecule has 0 saturated carbocycles. The molecule has 1 unspecified atom stereocenters. The lowest BCUT2D eigenvalue weighted by atomic mass is 10.1. The number of imidazole rings is 1. The molecule has 27 heavy (non-hydrogen) atoms. The molecule has 2 aromatic heterocycles. The van der Waals surface area contributed by atoms with Crippen molar-refractivity contribution in [3.63, 3.8) is 0 Å². The fourth-order valence-corrected chi connectivity index (χ4v) is 4.08. The highest BCUT2D eigenvalue weighted by atomic mass is 35.5. The van der Waals surface area contributed by atoms with Crippen molar-refractivity contribution >= 4 is 44.6 Å². The number of benzene rings is 2. The van der Waals surface area contributed by atoms with Crippen molar-refractivity contribution in [2.45, 2.75) is 6.10 Å². The number of anilines is 1. The number of hydrogen-bond acceptors (Lipinski definition) is 5. The number of nitrogens with zero attached hydrogens (tertiary/aromatic N) is 3. The third-order valence-corrected chi connectivity index (χ3v) is 5.50. The van der Waals surface area contributed by atoms with Crippen LogP contribution in [0.15, 0.2) is 48.7 Å². The second-order valence-corrected chi connectivity index (χ2v) is 7.57. The van der Waals surface area contributed by atoms with E-state index in [2.05, 4.69) is 15.4 Å². The van der Waals surface area contributed by atoms with Crippen LogP contribution in [0.4, 0.5) is 9.52 Å². The molecule has 5 nitrogen and oxygen atoms in total. The lowest BCUT2D eigenvalue weighted by molar-refractivity contribution is 0.192. The molecule has 0 saturated heterocycles. The van der Waals surface area contributed by atoms with Crippen molar-refractivity contribution in [2.75, 3.05) is 11.9 Å². The monoisotopic (exact) mass is 422 g/mol. The Kier molecular flexibility index (Phi) is 5.01. The highest BCUT2D eigenvalue weighted by molar-refractivity contribution is 7.20. The predicted octanol–water partition coefficient (Wildman–Crippen LogP) is 5.05. The second-order valence-electron chi connectivity index (χ2n) is 5.80. The number of aromatic nitrogens is 3. The maximum absolute atomic E-state index is 13.0. The molecule has 138 valence electrons. The highest BCUT2D eigenvalue weighted by Crippen LogP contribution is 2.31. The standard InChI is InChI=1S/C18H13Cl2FN4OS/c19-12-2-1-3-13(20)16(12)15(26)8-22-17-24-25-9-14(23-18(25)27-17)10-4-6-11(21)7-5-10/h1-7,9,15,26H,8H2,(H,22,24). The van der Waals surface area contributed by atoms with E-state index >= 15 is 0 Å². The maximum atomic E-state index is 13.0. The zero-order valence-electron chi connectivity index (χ0n) is 13.7. The largest absolute Gasteiger partial charge is 0.386 e. The first kappa shape index (κ1) is 18.2. The van der Waals surface area contributed by atoms with Crippen LogP contribution in [-0.4, -0.2) is 26.2 Å². The van der Waals surface area contributed by atoms with Crippen LogP contribution in [-0.2, 0) is 0 Å². The summed E-state index contributed by atoms with van der Waals surface area (Å²) in [5.74, 6) is -0.290. The summed E-state index contributed by atoms with van der Waals surface area (Å²) in [5, 5.41) is 19.3. The Morgan fingerprint density at radius 2 is 1.85 bits per heavy atom. The van der Waals surface area contributed by atoms with Gasteiger partial charge in [0.05, 0.1) is 18.0 Å². The lowest BCUT2D eigenvalue weighted by Gasteiger charge is -2.14. The average Bonchev–Trinajstić information content (AvgIpc) is 3.19. The van der Waals surface area contributed by atoms with E-state index in [1.165, 1.54) is 23.5 Å². The minimum absolute atomic E-state index is 0.199. The van der Waals surface area contributed by atoms with Gasteiger partial charge >= 0.3 is 0 Å². The minimum atomic E-state index is -0.878. The van der Waals surface area contributed by atoms with Gasteiger partial charge in [0.2, 0.25) is 10.1 Å². The Hall–Kier alpha value is -2.19. The normalized spacial score (nSPS) is 12.4. The Balaban J connectivity index is 1.48. The zero-order valence-corrected chi connectivity index (χ0v) is 16.1. The molecule has 2 N–H and O–H groups in total. The summed E-state index contributed by atoms with van der Waals surface area (Å²) in [4.78, 5) is 5.18. The van der Waals surface area contributed by atoms with Gasteiger partial charge in [0.15, 0.2) is 0 Å². The van der Waals surface area contributed by atoms with Gasteiger partial charge in [-0.2, -0.15) is 0 Å². The summed E-state index contributed by atoms with van der Waals surface area (Å²) in [6, 6.07) is 11.2. The molecule has 4 rings (SSSR count). The van der Waals surface area contributed by atoms with Gasteiger partial charge in [-0.3, -0.25) is 0 Å². The summed E-state index contributed by atoms with van der Waals surface area (Å²) >= 11 is 13.6. The number of aliphatic hydroxyl groups is 1. The number of hydrogen-bond donors (Lipinski definition) is 2. The Labute approximate surface area is 168 Å². The lowest BCUT2D eigenvalue weighted by Crippen LogP contribution is -2.13. The van der Waals surface area contributed by atoms with Crippen LogP contribution in [0.1, 0.15) is 11.7 Å². The highest BCUT2D eigenvalue weighted by Gasteiger charge is 2.16. The van der Waals surface area contributed by atoms with Gasteiger partial charge in [-0.05, 0) is 36.4 Å². The van der Waals surface area contributed by atoms with E-state index in [9.17, 15) is 9.50 Å². The first-order valence-electron chi connectivity index (χ1n) is 7.99. The van der Waals surface area contributed by atoms with Gasteiger partial charge < -0.3 is 10.4 Å². The van der Waals surface area contributed by atoms with Crippen LogP contribution < -0.4 is 5.32 Å². The van der Waals surface area contributed by atoms with Crippen molar-refractivity contribution in [3.05, 3.63) is 70.1 Å². The first-order chi connectivity index (χ1) is 13.0. The summed E-state index contributed by atoms with van der Waals surface area (Å²) in [6.07, 6.45) is 0.892. The van der Waals surface area contributed by atoms with Gasteiger partial charge in [-0.15, -0.1) is 5.10 Å². The van der Waals surface area contributed by atoms with Crippen molar-refractivity contribution in [3.8, 4) is 11.3 Å². The number of fused-ring (bicyclic) bond motifs is 1. The smallest absolute Gasteiger partial charge is 0.214 e. The van der Waals surface area contributed by atoms with E-state index in [-0.39, 0.29) is 12.4 Å². The molecule has 9 heteroatoms. The Bertz CT molecular complexity index is 1040. The third kappa shape index (κ3) is 3.77. The number of aliphatic hydroxyl groups excluding tert-OH is 1. The summed E-state index contributed by atoms with van der Waals surface area (Å²) < 4.78 is 14.7. The van der Waals surface area contributed by atoms with E-state index in [1.54, 1.807) is 41.0 Å². The molecular weight excluding hydrogens is 410 g/mol. The van der Waals surface area contributed by atoms with Crippen LogP contribution in [0.2, 0.25) is 10.0 Å². The molecule has 0 bridgehead atoms. The van der Waals surface area contributed by atoms with E-state index in [0.29, 0.717) is 31.4 Å². The molecule has 0 aliphatic rings. The molecule has 2 aromatic carbocycles. The van der Waals surface area contributed by atoms with Gasteiger partial charge in [-0.25, -0.2) is 13.9 Å². The summed E-state index contributed by atoms with van der Waals surface area (Å²) in [7, 11) is 0. The van der Waals surface area contributed by atoms with Crippen LogP contribution in [0.25, 0.3) is 16.2 Å². The first-order valence-corrected chi connectivity index (χ1v) is 9.56. The van der Waals surface area contributed by atoms with Gasteiger partial charge in [-0.1, -0.05) is 40.6 Å². The van der Waals surface area contributed by atoms with Crippen LogP contribution >= 0.6 is 34.5 Å². The minimum Gasteiger partial charge on any atom is -0.386 e. The molecule has 1 atom stereocenters. The van der Waals surface area contributed by atoms with Gasteiger partial charge in [0.25, 0.3) is 0 Å². The molecule has 0 amide bonds. The molecule has 2 heterocycles. The van der Waals surface area contributed by atoms with E-state index in [0.717, 1.165) is 5.56 Å². The molecule has 4 aromatic rings. The predicted molar refractivity (Wildman–Crippen MR) is 106 cm³/mol. The topological polar surface area (TPSA) is 62.5 Å². The molecular formula is C18H13Cl2FN4OS. The van der Waals surface area contributed by atoms with Gasteiger partial charge in [0, 0.05) is 27.7 Å².